The number of hydrogen-bond acceptors (Lipinski definition) is 1. The van der Waals surface area contributed by atoms with Crippen molar-refractivity contribution in [1.82, 2.24) is 4.90 Å². The van der Waals surface area contributed by atoms with Gasteiger partial charge in [0.2, 0.25) is 0 Å². The van der Waals surface area contributed by atoms with Crippen molar-refractivity contribution in [2.24, 2.45) is 5.92 Å². The van der Waals surface area contributed by atoms with Gasteiger partial charge in [0, 0.05) is 18.7 Å². The van der Waals surface area contributed by atoms with Crippen LogP contribution in [-0.2, 0) is 0 Å². The van der Waals surface area contributed by atoms with Crippen LogP contribution in [0, 0.1) is 5.92 Å². The number of hydrogen-bond donors (Lipinski definition) is 0. The van der Waals surface area contributed by atoms with E-state index in [1.165, 1.54) is 5.56 Å². The number of benzene rings is 1. The normalized spacial score (nSPS) is 16.4. The van der Waals surface area contributed by atoms with E-state index in [1.54, 1.807) is 0 Å². The summed E-state index contributed by atoms with van der Waals surface area (Å²) in [5, 5.41) is 0. The fourth-order valence-corrected chi connectivity index (χ4v) is 2.08. The first-order valence-corrected chi connectivity index (χ1v) is 5.97. The van der Waals surface area contributed by atoms with Crippen molar-refractivity contribution in [2.75, 3.05) is 13.1 Å². The van der Waals surface area contributed by atoms with Crippen molar-refractivity contribution in [3.05, 3.63) is 35.4 Å². The molecule has 1 aromatic rings. The number of amides is 1. The van der Waals surface area contributed by atoms with Crippen LogP contribution in [-0.4, -0.2) is 23.9 Å². The average molecular weight is 217 g/mol. The first kappa shape index (κ1) is 11.2. The Morgan fingerprint density at radius 3 is 2.62 bits per heavy atom. The number of nitrogens with zero attached hydrogens (tertiary/aromatic N) is 1. The molecule has 0 aromatic heterocycles. The Bertz CT molecular complexity index is 391. The zero-order valence-corrected chi connectivity index (χ0v) is 10.2. The lowest BCUT2D eigenvalue weighted by Gasteiger charge is -2.37. The van der Waals surface area contributed by atoms with E-state index in [1.807, 2.05) is 23.1 Å². The van der Waals surface area contributed by atoms with E-state index in [-0.39, 0.29) is 5.91 Å². The fourth-order valence-electron chi connectivity index (χ4n) is 2.08. The SMILES string of the molecule is CC1CN(C(=O)c2cccc(C(C)C)c2)C1. The maximum absolute atomic E-state index is 12.1. The highest BCUT2D eigenvalue weighted by Crippen LogP contribution is 2.20. The third-order valence-corrected chi connectivity index (χ3v) is 3.15. The van der Waals surface area contributed by atoms with Gasteiger partial charge in [-0.15, -0.1) is 0 Å². The molecule has 2 nitrogen and oxygen atoms in total. The summed E-state index contributed by atoms with van der Waals surface area (Å²) in [6, 6.07) is 8.00. The summed E-state index contributed by atoms with van der Waals surface area (Å²) in [6.45, 7) is 8.29. The Morgan fingerprint density at radius 1 is 1.38 bits per heavy atom. The van der Waals surface area contributed by atoms with Crippen molar-refractivity contribution in [2.45, 2.75) is 26.7 Å². The summed E-state index contributed by atoms with van der Waals surface area (Å²) < 4.78 is 0. The lowest BCUT2D eigenvalue weighted by atomic mass is 9.98. The highest BCUT2D eigenvalue weighted by molar-refractivity contribution is 5.94. The van der Waals surface area contributed by atoms with Gasteiger partial charge < -0.3 is 4.90 Å². The van der Waals surface area contributed by atoms with E-state index >= 15 is 0 Å². The second kappa shape index (κ2) is 4.28. The second-order valence-electron chi connectivity index (χ2n) is 5.10. The van der Waals surface area contributed by atoms with Gasteiger partial charge in [-0.05, 0) is 29.5 Å². The summed E-state index contributed by atoms with van der Waals surface area (Å²) in [7, 11) is 0. The van der Waals surface area contributed by atoms with E-state index in [2.05, 4.69) is 26.8 Å². The van der Waals surface area contributed by atoms with E-state index in [4.69, 9.17) is 0 Å². The van der Waals surface area contributed by atoms with Crippen LogP contribution in [0.1, 0.15) is 42.6 Å². The van der Waals surface area contributed by atoms with Crippen LogP contribution in [0.2, 0.25) is 0 Å². The fraction of sp³-hybridized carbons (Fsp3) is 0.500. The molecule has 1 aliphatic rings. The van der Waals surface area contributed by atoms with Gasteiger partial charge in [-0.1, -0.05) is 32.9 Å². The highest BCUT2D eigenvalue weighted by atomic mass is 16.2. The van der Waals surface area contributed by atoms with E-state index in [0.717, 1.165) is 18.7 Å². The molecule has 0 unspecified atom stereocenters. The largest absolute Gasteiger partial charge is 0.338 e. The summed E-state index contributed by atoms with van der Waals surface area (Å²) >= 11 is 0. The summed E-state index contributed by atoms with van der Waals surface area (Å²) in [5.74, 6) is 1.32. The van der Waals surface area contributed by atoms with Crippen molar-refractivity contribution in [3.8, 4) is 0 Å². The lowest BCUT2D eigenvalue weighted by Crippen LogP contribution is -2.48. The standard InChI is InChI=1S/C14H19NO/c1-10(2)12-5-4-6-13(7-12)14(16)15-8-11(3)9-15/h4-7,10-11H,8-9H2,1-3H3. The van der Waals surface area contributed by atoms with Crippen molar-refractivity contribution in [1.29, 1.82) is 0 Å². The number of carbonyl (C=O) groups is 1. The van der Waals surface area contributed by atoms with Gasteiger partial charge in [-0.3, -0.25) is 4.79 Å². The average Bonchev–Trinajstić information content (AvgIpc) is 2.24. The van der Waals surface area contributed by atoms with Crippen LogP contribution in [0.4, 0.5) is 0 Å². The molecule has 86 valence electrons. The van der Waals surface area contributed by atoms with Crippen LogP contribution in [0.3, 0.4) is 0 Å². The molecule has 0 bridgehead atoms. The molecule has 16 heavy (non-hydrogen) atoms. The lowest BCUT2D eigenvalue weighted by molar-refractivity contribution is 0.0530. The predicted molar refractivity (Wildman–Crippen MR) is 65.6 cm³/mol. The Labute approximate surface area is 97.3 Å². The number of carbonyl (C=O) groups excluding carboxylic acids is 1. The van der Waals surface area contributed by atoms with Gasteiger partial charge in [-0.2, -0.15) is 0 Å². The van der Waals surface area contributed by atoms with Crippen molar-refractivity contribution >= 4 is 5.91 Å². The van der Waals surface area contributed by atoms with E-state index in [0.29, 0.717) is 11.8 Å². The molecule has 1 saturated heterocycles. The predicted octanol–water partition coefficient (Wildman–Crippen LogP) is 2.90. The molecule has 2 heteroatoms. The molecule has 0 atom stereocenters. The molecule has 0 N–H and O–H groups in total. The minimum absolute atomic E-state index is 0.181. The third kappa shape index (κ3) is 2.11. The second-order valence-corrected chi connectivity index (χ2v) is 5.10. The molecule has 2 rings (SSSR count). The smallest absolute Gasteiger partial charge is 0.253 e. The van der Waals surface area contributed by atoms with Crippen LogP contribution in [0.15, 0.2) is 24.3 Å². The summed E-state index contributed by atoms with van der Waals surface area (Å²) in [5.41, 5.74) is 2.07. The topological polar surface area (TPSA) is 20.3 Å². The monoisotopic (exact) mass is 217 g/mol. The highest BCUT2D eigenvalue weighted by Gasteiger charge is 2.27. The van der Waals surface area contributed by atoms with Gasteiger partial charge in [0.1, 0.15) is 0 Å². The van der Waals surface area contributed by atoms with Crippen LogP contribution < -0.4 is 0 Å². The molecule has 1 fully saturated rings. The molecule has 1 amide bonds. The molecular formula is C14H19NO. The van der Waals surface area contributed by atoms with E-state index in [9.17, 15) is 4.79 Å². The number of rotatable bonds is 2. The summed E-state index contributed by atoms with van der Waals surface area (Å²) in [6.07, 6.45) is 0. The molecule has 0 spiro atoms. The molecule has 1 heterocycles. The molecule has 1 aliphatic heterocycles. The maximum atomic E-state index is 12.1. The minimum Gasteiger partial charge on any atom is -0.338 e. The maximum Gasteiger partial charge on any atom is 0.253 e. The van der Waals surface area contributed by atoms with E-state index < -0.39 is 0 Å². The number of likely N-dealkylation sites (tertiary alicyclic amines) is 1. The Morgan fingerprint density at radius 2 is 2.06 bits per heavy atom. The Balaban J connectivity index is 2.14. The molecular weight excluding hydrogens is 198 g/mol. The first-order valence-electron chi connectivity index (χ1n) is 5.97. The van der Waals surface area contributed by atoms with Crippen LogP contribution in [0.5, 0.6) is 0 Å². The zero-order chi connectivity index (χ0) is 11.7. The summed E-state index contributed by atoms with van der Waals surface area (Å²) in [4.78, 5) is 14.0. The third-order valence-electron chi connectivity index (χ3n) is 3.15. The Kier molecular flexibility index (Phi) is 2.99. The van der Waals surface area contributed by atoms with Gasteiger partial charge >= 0.3 is 0 Å². The van der Waals surface area contributed by atoms with Gasteiger partial charge in [0.05, 0.1) is 0 Å². The Hall–Kier alpha value is -1.31. The molecule has 0 aliphatic carbocycles. The van der Waals surface area contributed by atoms with Gasteiger partial charge in [-0.25, -0.2) is 0 Å². The zero-order valence-electron chi connectivity index (χ0n) is 10.2. The minimum atomic E-state index is 0.181. The first-order chi connectivity index (χ1) is 7.58. The van der Waals surface area contributed by atoms with Crippen LogP contribution in [0.25, 0.3) is 0 Å². The van der Waals surface area contributed by atoms with Gasteiger partial charge in [0.15, 0.2) is 0 Å². The molecule has 0 radical (unpaired) electrons. The molecule has 1 aromatic carbocycles. The quantitative estimate of drug-likeness (QED) is 0.746. The van der Waals surface area contributed by atoms with Gasteiger partial charge in [0.25, 0.3) is 5.91 Å². The molecule has 0 saturated carbocycles. The van der Waals surface area contributed by atoms with Crippen molar-refractivity contribution < 1.29 is 4.79 Å². The van der Waals surface area contributed by atoms with Crippen LogP contribution >= 0.6 is 0 Å². The van der Waals surface area contributed by atoms with Crippen molar-refractivity contribution in [3.63, 3.8) is 0 Å².